The Morgan fingerprint density at radius 2 is 1.56 bits per heavy atom. The van der Waals surface area contributed by atoms with Crippen molar-refractivity contribution in [3.8, 4) is 0 Å². The van der Waals surface area contributed by atoms with Crippen LogP contribution < -0.4 is 5.32 Å². The normalized spacial score (nSPS) is 34.8. The topological polar surface area (TPSA) is 29.1 Å². The fraction of sp³-hybridized carbons (Fsp3) is 0.696. The lowest BCUT2D eigenvalue weighted by Gasteiger charge is -2.56. The molecule has 0 aliphatic heterocycles. The number of hydrogen-bond acceptors (Lipinski definition) is 1. The first-order chi connectivity index (χ1) is 11.8. The standard InChI is InChI=1S/C23H33NO/c1-22(2,3)15-20(19-7-5-4-6-8-19)24-21(25)23-12-16-9-17(13-23)11-18(10-16)14-23/h4-8,16-18,20H,9-15H2,1-3H3,(H,24,25). The molecule has 0 heterocycles. The molecular formula is C23H33NO. The van der Waals surface area contributed by atoms with Gasteiger partial charge in [0.15, 0.2) is 0 Å². The summed E-state index contributed by atoms with van der Waals surface area (Å²) < 4.78 is 0. The quantitative estimate of drug-likeness (QED) is 0.771. The summed E-state index contributed by atoms with van der Waals surface area (Å²) in [6.45, 7) is 6.79. The van der Waals surface area contributed by atoms with E-state index >= 15 is 0 Å². The SMILES string of the molecule is CC(C)(C)CC(NC(=O)C12CC3CC(CC(C3)C1)C2)c1ccccc1. The highest BCUT2D eigenvalue weighted by Crippen LogP contribution is 2.60. The summed E-state index contributed by atoms with van der Waals surface area (Å²) in [4.78, 5) is 13.5. The molecule has 25 heavy (non-hydrogen) atoms. The summed E-state index contributed by atoms with van der Waals surface area (Å²) in [6, 6.07) is 10.7. The Hall–Kier alpha value is -1.31. The predicted octanol–water partition coefficient (Wildman–Crippen LogP) is 5.50. The fourth-order valence-electron chi connectivity index (χ4n) is 6.25. The van der Waals surface area contributed by atoms with Crippen LogP contribution in [0.2, 0.25) is 0 Å². The van der Waals surface area contributed by atoms with Gasteiger partial charge in [0.05, 0.1) is 6.04 Å². The first-order valence-corrected chi connectivity index (χ1v) is 10.2. The maximum Gasteiger partial charge on any atom is 0.226 e. The Morgan fingerprint density at radius 3 is 2.04 bits per heavy atom. The first-order valence-electron chi connectivity index (χ1n) is 10.2. The molecule has 5 rings (SSSR count). The van der Waals surface area contributed by atoms with Gasteiger partial charge in [-0.25, -0.2) is 0 Å². The van der Waals surface area contributed by atoms with Crippen molar-refractivity contribution in [1.29, 1.82) is 0 Å². The van der Waals surface area contributed by atoms with E-state index < -0.39 is 0 Å². The molecule has 1 unspecified atom stereocenters. The molecule has 0 radical (unpaired) electrons. The zero-order valence-electron chi connectivity index (χ0n) is 16.1. The van der Waals surface area contributed by atoms with E-state index in [1.54, 1.807) is 0 Å². The van der Waals surface area contributed by atoms with Crippen LogP contribution in [-0.4, -0.2) is 5.91 Å². The van der Waals surface area contributed by atoms with E-state index in [1.165, 1.54) is 24.8 Å². The molecule has 4 aliphatic carbocycles. The minimum absolute atomic E-state index is 0.0559. The first kappa shape index (κ1) is 17.1. The number of hydrogen-bond donors (Lipinski definition) is 1. The monoisotopic (exact) mass is 339 g/mol. The predicted molar refractivity (Wildman–Crippen MR) is 102 cm³/mol. The van der Waals surface area contributed by atoms with E-state index in [-0.39, 0.29) is 16.9 Å². The zero-order valence-corrected chi connectivity index (χ0v) is 16.1. The number of benzene rings is 1. The second-order valence-electron chi connectivity index (χ2n) is 10.4. The van der Waals surface area contributed by atoms with Crippen LogP contribution in [-0.2, 0) is 4.79 Å². The third-order valence-electron chi connectivity index (χ3n) is 6.84. The van der Waals surface area contributed by atoms with E-state index in [1.807, 2.05) is 0 Å². The van der Waals surface area contributed by atoms with Gasteiger partial charge in [0.25, 0.3) is 0 Å². The van der Waals surface area contributed by atoms with Crippen LogP contribution in [0.15, 0.2) is 30.3 Å². The van der Waals surface area contributed by atoms with Crippen LogP contribution in [0.5, 0.6) is 0 Å². The summed E-state index contributed by atoms with van der Waals surface area (Å²) in [7, 11) is 0. The van der Waals surface area contributed by atoms with Gasteiger partial charge in [-0.1, -0.05) is 51.1 Å². The number of carbonyl (C=O) groups excluding carboxylic acids is 1. The second kappa shape index (κ2) is 6.14. The van der Waals surface area contributed by atoms with E-state index in [9.17, 15) is 4.79 Å². The highest BCUT2D eigenvalue weighted by Gasteiger charge is 2.54. The molecule has 4 saturated carbocycles. The Labute approximate surface area is 152 Å². The van der Waals surface area contributed by atoms with Crippen LogP contribution >= 0.6 is 0 Å². The number of carbonyl (C=O) groups is 1. The molecule has 1 N–H and O–H groups in total. The van der Waals surface area contributed by atoms with Crippen LogP contribution in [0.25, 0.3) is 0 Å². The molecule has 2 nitrogen and oxygen atoms in total. The van der Waals surface area contributed by atoms with Gasteiger partial charge in [0, 0.05) is 5.41 Å². The highest BCUT2D eigenvalue weighted by atomic mass is 16.2. The van der Waals surface area contributed by atoms with Crippen LogP contribution in [0.3, 0.4) is 0 Å². The number of nitrogens with one attached hydrogen (secondary N) is 1. The molecule has 0 saturated heterocycles. The van der Waals surface area contributed by atoms with Crippen molar-refractivity contribution in [3.05, 3.63) is 35.9 Å². The van der Waals surface area contributed by atoms with Crippen molar-refractivity contribution in [2.45, 2.75) is 71.8 Å². The number of amides is 1. The summed E-state index contributed by atoms with van der Waals surface area (Å²) >= 11 is 0. The Bertz CT molecular complexity index is 592. The summed E-state index contributed by atoms with van der Waals surface area (Å²) in [5, 5.41) is 3.51. The maximum absolute atomic E-state index is 13.5. The van der Waals surface area contributed by atoms with Crippen LogP contribution in [0.1, 0.15) is 77.3 Å². The van der Waals surface area contributed by atoms with Crippen molar-refractivity contribution >= 4 is 5.91 Å². The molecule has 1 amide bonds. The molecule has 2 heteroatoms. The van der Waals surface area contributed by atoms with E-state index in [2.05, 4.69) is 56.4 Å². The molecule has 4 aliphatic rings. The summed E-state index contributed by atoms with van der Waals surface area (Å²) in [5.74, 6) is 2.80. The van der Waals surface area contributed by atoms with Gasteiger partial charge < -0.3 is 5.32 Å². The van der Waals surface area contributed by atoms with E-state index in [0.29, 0.717) is 5.91 Å². The molecule has 1 atom stereocenters. The Morgan fingerprint density at radius 1 is 1.04 bits per heavy atom. The van der Waals surface area contributed by atoms with Gasteiger partial charge in [0.2, 0.25) is 5.91 Å². The van der Waals surface area contributed by atoms with Gasteiger partial charge in [-0.3, -0.25) is 4.79 Å². The molecule has 1 aromatic rings. The summed E-state index contributed by atoms with van der Waals surface area (Å²) in [5.41, 5.74) is 1.38. The van der Waals surface area contributed by atoms with Crippen LogP contribution in [0, 0.1) is 28.6 Å². The lowest BCUT2D eigenvalue weighted by molar-refractivity contribution is -0.147. The van der Waals surface area contributed by atoms with Gasteiger partial charge in [0.1, 0.15) is 0 Å². The van der Waals surface area contributed by atoms with Crippen LogP contribution in [0.4, 0.5) is 0 Å². The Balaban J connectivity index is 1.54. The maximum atomic E-state index is 13.5. The molecule has 0 aromatic heterocycles. The molecule has 0 spiro atoms. The van der Waals surface area contributed by atoms with E-state index in [4.69, 9.17) is 0 Å². The fourth-order valence-corrected chi connectivity index (χ4v) is 6.25. The zero-order chi connectivity index (χ0) is 17.7. The lowest BCUT2D eigenvalue weighted by Crippen LogP contribution is -2.54. The minimum Gasteiger partial charge on any atom is -0.349 e. The molecule has 1 aromatic carbocycles. The van der Waals surface area contributed by atoms with Crippen molar-refractivity contribution in [2.24, 2.45) is 28.6 Å². The smallest absolute Gasteiger partial charge is 0.226 e. The lowest BCUT2D eigenvalue weighted by atomic mass is 9.49. The Kier molecular flexibility index (Phi) is 4.21. The molecule has 4 fully saturated rings. The van der Waals surface area contributed by atoms with Crippen molar-refractivity contribution in [3.63, 3.8) is 0 Å². The molecule has 136 valence electrons. The number of rotatable bonds is 4. The third kappa shape index (κ3) is 3.50. The highest BCUT2D eigenvalue weighted by molar-refractivity contribution is 5.83. The van der Waals surface area contributed by atoms with Crippen molar-refractivity contribution < 1.29 is 4.79 Å². The average Bonchev–Trinajstić information content (AvgIpc) is 2.52. The van der Waals surface area contributed by atoms with Crippen molar-refractivity contribution in [2.75, 3.05) is 0 Å². The third-order valence-corrected chi connectivity index (χ3v) is 6.84. The van der Waals surface area contributed by atoms with Crippen molar-refractivity contribution in [1.82, 2.24) is 5.32 Å². The van der Waals surface area contributed by atoms with Gasteiger partial charge in [-0.15, -0.1) is 0 Å². The second-order valence-corrected chi connectivity index (χ2v) is 10.4. The van der Waals surface area contributed by atoms with Gasteiger partial charge in [-0.2, -0.15) is 0 Å². The molecular weight excluding hydrogens is 306 g/mol. The minimum atomic E-state index is -0.0559. The largest absolute Gasteiger partial charge is 0.349 e. The average molecular weight is 340 g/mol. The van der Waals surface area contributed by atoms with Gasteiger partial charge >= 0.3 is 0 Å². The summed E-state index contributed by atoms with van der Waals surface area (Å²) in [6.07, 6.45) is 8.56. The van der Waals surface area contributed by atoms with E-state index in [0.717, 1.165) is 43.4 Å². The molecule has 4 bridgehead atoms. The van der Waals surface area contributed by atoms with Gasteiger partial charge in [-0.05, 0) is 73.7 Å².